The van der Waals surface area contributed by atoms with Crippen molar-refractivity contribution in [3.05, 3.63) is 48.6 Å². The number of carbonyl (C=O) groups is 1. The number of hydrogen-bond donors (Lipinski definition) is 1. The van der Waals surface area contributed by atoms with Crippen molar-refractivity contribution in [3.8, 4) is 0 Å². The Kier molecular flexibility index (Phi) is 5.61. The second-order valence-corrected chi connectivity index (χ2v) is 5.48. The first kappa shape index (κ1) is 15.3. The molecule has 0 aliphatic rings. The summed E-state index contributed by atoms with van der Waals surface area (Å²) in [6.45, 7) is 9.29. The molecule has 1 amide bonds. The lowest BCUT2D eigenvalue weighted by atomic mass is 10.0. The average molecular weight is 261 g/mol. The van der Waals surface area contributed by atoms with E-state index in [1.807, 2.05) is 57.2 Å². The highest BCUT2D eigenvalue weighted by Gasteiger charge is 2.19. The lowest BCUT2D eigenvalue weighted by molar-refractivity contribution is 0.0501. The van der Waals surface area contributed by atoms with Crippen LogP contribution in [-0.4, -0.2) is 11.7 Å². The van der Waals surface area contributed by atoms with E-state index in [4.69, 9.17) is 4.74 Å². The van der Waals surface area contributed by atoms with Crippen molar-refractivity contribution in [1.82, 2.24) is 5.32 Å². The predicted molar refractivity (Wildman–Crippen MR) is 78.0 cm³/mol. The molecule has 0 bridgehead atoms. The minimum Gasteiger partial charge on any atom is -0.444 e. The minimum absolute atomic E-state index is 0.0472. The van der Waals surface area contributed by atoms with E-state index in [0.29, 0.717) is 0 Å². The molecule has 0 spiro atoms. The van der Waals surface area contributed by atoms with E-state index in [1.54, 1.807) is 0 Å². The van der Waals surface area contributed by atoms with Gasteiger partial charge in [-0.2, -0.15) is 0 Å². The molecular weight excluding hydrogens is 238 g/mol. The molecule has 0 saturated heterocycles. The van der Waals surface area contributed by atoms with Gasteiger partial charge >= 0.3 is 6.09 Å². The molecule has 0 heterocycles. The van der Waals surface area contributed by atoms with E-state index < -0.39 is 5.60 Å². The zero-order valence-electron chi connectivity index (χ0n) is 12.0. The summed E-state index contributed by atoms with van der Waals surface area (Å²) in [6, 6.07) is 9.85. The van der Waals surface area contributed by atoms with Crippen molar-refractivity contribution in [3.63, 3.8) is 0 Å². The van der Waals surface area contributed by atoms with Crippen molar-refractivity contribution in [2.45, 2.75) is 45.3 Å². The fourth-order valence-electron chi connectivity index (χ4n) is 1.74. The summed E-state index contributed by atoms with van der Waals surface area (Å²) in [5.41, 5.74) is 0.597. The fraction of sp³-hybridized carbons (Fsp3) is 0.438. The van der Waals surface area contributed by atoms with Gasteiger partial charge in [0.1, 0.15) is 5.60 Å². The molecule has 104 valence electrons. The van der Waals surface area contributed by atoms with E-state index in [0.717, 1.165) is 18.4 Å². The molecule has 0 aliphatic carbocycles. The topological polar surface area (TPSA) is 38.3 Å². The smallest absolute Gasteiger partial charge is 0.408 e. The van der Waals surface area contributed by atoms with Crippen molar-refractivity contribution in [1.29, 1.82) is 0 Å². The molecule has 1 atom stereocenters. The van der Waals surface area contributed by atoms with Crippen molar-refractivity contribution in [2.75, 3.05) is 0 Å². The van der Waals surface area contributed by atoms with Crippen LogP contribution < -0.4 is 5.32 Å². The molecule has 1 aromatic carbocycles. The first-order chi connectivity index (χ1) is 8.92. The summed E-state index contributed by atoms with van der Waals surface area (Å²) in [4.78, 5) is 11.8. The van der Waals surface area contributed by atoms with Gasteiger partial charge in [-0.3, -0.25) is 0 Å². The summed E-state index contributed by atoms with van der Waals surface area (Å²) in [6.07, 6.45) is 3.12. The molecular formula is C16H23NO2. The third kappa shape index (κ3) is 6.09. The Hall–Kier alpha value is -1.77. The van der Waals surface area contributed by atoms with E-state index in [1.165, 1.54) is 0 Å². The molecule has 1 N–H and O–H groups in total. The highest BCUT2D eigenvalue weighted by Crippen LogP contribution is 2.19. The second-order valence-electron chi connectivity index (χ2n) is 5.48. The third-order valence-corrected chi connectivity index (χ3v) is 2.55. The molecule has 3 heteroatoms. The van der Waals surface area contributed by atoms with Gasteiger partial charge in [0.15, 0.2) is 0 Å². The Balaban J connectivity index is 2.70. The maximum Gasteiger partial charge on any atom is 0.408 e. The van der Waals surface area contributed by atoms with Crippen LogP contribution in [0.5, 0.6) is 0 Å². The van der Waals surface area contributed by atoms with Crippen LogP contribution in [0.2, 0.25) is 0 Å². The number of benzene rings is 1. The summed E-state index contributed by atoms with van der Waals surface area (Å²) < 4.78 is 5.29. The fourth-order valence-corrected chi connectivity index (χ4v) is 1.74. The standard InChI is InChI=1S/C16H23NO2/c1-5-6-12-14(13-10-8-7-9-11-13)17-15(18)19-16(2,3)4/h5,7-11,14H,1,6,12H2,2-4H3,(H,17,18)/t14-/m1/s1. The normalized spacial score (nSPS) is 12.6. The summed E-state index contributed by atoms with van der Waals surface area (Å²) >= 11 is 0. The van der Waals surface area contributed by atoms with E-state index in [2.05, 4.69) is 11.9 Å². The summed E-state index contributed by atoms with van der Waals surface area (Å²) in [7, 11) is 0. The maximum atomic E-state index is 11.8. The van der Waals surface area contributed by atoms with Gasteiger partial charge in [-0.15, -0.1) is 6.58 Å². The Morgan fingerprint density at radius 3 is 2.53 bits per heavy atom. The number of amides is 1. The summed E-state index contributed by atoms with van der Waals surface area (Å²) in [5.74, 6) is 0. The van der Waals surface area contributed by atoms with Gasteiger partial charge < -0.3 is 10.1 Å². The Bertz CT molecular complexity index is 407. The maximum absolute atomic E-state index is 11.8. The molecule has 1 rings (SSSR count). The Morgan fingerprint density at radius 2 is 2.00 bits per heavy atom. The number of nitrogens with one attached hydrogen (secondary N) is 1. The van der Waals surface area contributed by atoms with E-state index in [9.17, 15) is 4.79 Å². The number of ether oxygens (including phenoxy) is 1. The van der Waals surface area contributed by atoms with Crippen molar-refractivity contribution >= 4 is 6.09 Å². The number of hydrogen-bond acceptors (Lipinski definition) is 2. The molecule has 0 aliphatic heterocycles. The SMILES string of the molecule is C=CCC[C@@H](NC(=O)OC(C)(C)C)c1ccccc1. The number of carbonyl (C=O) groups excluding carboxylic acids is 1. The van der Waals surface area contributed by atoms with E-state index >= 15 is 0 Å². The number of allylic oxidation sites excluding steroid dienone is 1. The van der Waals surface area contributed by atoms with Gasteiger partial charge in [-0.05, 0) is 39.2 Å². The zero-order valence-corrected chi connectivity index (χ0v) is 12.0. The lowest BCUT2D eigenvalue weighted by Gasteiger charge is -2.23. The van der Waals surface area contributed by atoms with Gasteiger partial charge in [-0.25, -0.2) is 4.79 Å². The van der Waals surface area contributed by atoms with Crippen molar-refractivity contribution in [2.24, 2.45) is 0 Å². The number of rotatable bonds is 5. The third-order valence-electron chi connectivity index (χ3n) is 2.55. The van der Waals surface area contributed by atoms with Gasteiger partial charge in [0.2, 0.25) is 0 Å². The lowest BCUT2D eigenvalue weighted by Crippen LogP contribution is -2.35. The largest absolute Gasteiger partial charge is 0.444 e. The Labute approximate surface area is 115 Å². The van der Waals surface area contributed by atoms with Gasteiger partial charge in [0.25, 0.3) is 0 Å². The highest BCUT2D eigenvalue weighted by atomic mass is 16.6. The van der Waals surface area contributed by atoms with Gasteiger partial charge in [0.05, 0.1) is 6.04 Å². The van der Waals surface area contributed by atoms with Gasteiger partial charge in [0, 0.05) is 0 Å². The van der Waals surface area contributed by atoms with E-state index in [-0.39, 0.29) is 12.1 Å². The number of alkyl carbamates (subject to hydrolysis) is 1. The molecule has 0 saturated carbocycles. The highest BCUT2D eigenvalue weighted by molar-refractivity contribution is 5.68. The first-order valence-electron chi connectivity index (χ1n) is 6.58. The molecule has 0 unspecified atom stereocenters. The molecule has 0 radical (unpaired) electrons. The zero-order chi connectivity index (χ0) is 14.3. The predicted octanol–water partition coefficient (Wildman–Crippen LogP) is 4.22. The first-order valence-corrected chi connectivity index (χ1v) is 6.58. The van der Waals surface area contributed by atoms with Crippen LogP contribution in [0.3, 0.4) is 0 Å². The van der Waals surface area contributed by atoms with Crippen LogP contribution in [0.1, 0.15) is 45.2 Å². The van der Waals surface area contributed by atoms with Crippen molar-refractivity contribution < 1.29 is 9.53 Å². The van der Waals surface area contributed by atoms with Crippen LogP contribution >= 0.6 is 0 Å². The van der Waals surface area contributed by atoms with Gasteiger partial charge in [-0.1, -0.05) is 36.4 Å². The monoisotopic (exact) mass is 261 g/mol. The van der Waals surface area contributed by atoms with Crippen LogP contribution in [0.15, 0.2) is 43.0 Å². The molecule has 0 fully saturated rings. The molecule has 19 heavy (non-hydrogen) atoms. The molecule has 0 aromatic heterocycles. The minimum atomic E-state index is -0.482. The summed E-state index contributed by atoms with van der Waals surface area (Å²) in [5, 5.41) is 2.92. The average Bonchev–Trinajstić information content (AvgIpc) is 2.33. The van der Waals surface area contributed by atoms with Crippen LogP contribution in [-0.2, 0) is 4.74 Å². The quantitative estimate of drug-likeness (QED) is 0.806. The molecule has 3 nitrogen and oxygen atoms in total. The molecule has 1 aromatic rings. The Morgan fingerprint density at radius 1 is 1.37 bits per heavy atom. The van der Waals surface area contributed by atoms with Crippen LogP contribution in [0.4, 0.5) is 4.79 Å². The second kappa shape index (κ2) is 6.98. The van der Waals surface area contributed by atoms with Crippen LogP contribution in [0, 0.1) is 0 Å². The van der Waals surface area contributed by atoms with Crippen LogP contribution in [0.25, 0.3) is 0 Å².